The first kappa shape index (κ1) is 17.9. The summed E-state index contributed by atoms with van der Waals surface area (Å²) in [6.07, 6.45) is 2.00. The number of urea groups is 1. The van der Waals surface area contributed by atoms with Crippen LogP contribution in [0.3, 0.4) is 0 Å². The minimum Gasteiger partial charge on any atom is -0.318 e. The summed E-state index contributed by atoms with van der Waals surface area (Å²) in [6.45, 7) is 1.81. The van der Waals surface area contributed by atoms with Crippen molar-refractivity contribution in [3.63, 3.8) is 0 Å². The van der Waals surface area contributed by atoms with E-state index in [1.165, 1.54) is 11.8 Å². The fraction of sp³-hybridized carbons (Fsp3) is 0.222. The van der Waals surface area contributed by atoms with Crippen LogP contribution < -0.4 is 10.7 Å². The van der Waals surface area contributed by atoms with E-state index in [4.69, 9.17) is 0 Å². The van der Waals surface area contributed by atoms with E-state index in [0.717, 1.165) is 5.01 Å². The van der Waals surface area contributed by atoms with E-state index in [1.54, 1.807) is 42.6 Å². The minimum atomic E-state index is -1.17. The number of benzene rings is 1. The molecule has 2 aromatic rings. The second-order valence-corrected chi connectivity index (χ2v) is 6.68. The average Bonchev–Trinajstić information content (AvgIpc) is 2.93. The quantitative estimate of drug-likeness (QED) is 0.600. The Labute approximate surface area is 155 Å². The second kappa shape index (κ2) is 7.57. The molecule has 1 aromatic heterocycles. The largest absolute Gasteiger partial charge is 0.344 e. The van der Waals surface area contributed by atoms with Crippen LogP contribution in [0.1, 0.15) is 18.9 Å². The topological polar surface area (TPSA) is 91.4 Å². The Kier molecular flexibility index (Phi) is 5.22. The van der Waals surface area contributed by atoms with Crippen molar-refractivity contribution in [1.82, 2.24) is 20.7 Å². The number of carbonyl (C=O) groups excluding carboxylic acids is 3. The van der Waals surface area contributed by atoms with Crippen LogP contribution in [-0.2, 0) is 15.1 Å². The summed E-state index contributed by atoms with van der Waals surface area (Å²) in [4.78, 5) is 41.5. The van der Waals surface area contributed by atoms with E-state index in [1.807, 2.05) is 19.1 Å². The van der Waals surface area contributed by atoms with Gasteiger partial charge in [0.1, 0.15) is 5.54 Å². The highest BCUT2D eigenvalue weighted by atomic mass is 32.2. The van der Waals surface area contributed by atoms with E-state index in [2.05, 4.69) is 15.7 Å². The number of amides is 4. The molecule has 26 heavy (non-hydrogen) atoms. The molecule has 1 saturated heterocycles. The SMILES string of the molecule is CC[C@@]1(c2ccccc2)NC(=O)N(NC(=O)CSc2ccccn2)C1=O. The van der Waals surface area contributed by atoms with Crippen molar-refractivity contribution in [3.8, 4) is 0 Å². The molecular formula is C18H18N4O3S. The van der Waals surface area contributed by atoms with Gasteiger partial charge in [0.15, 0.2) is 0 Å². The maximum absolute atomic E-state index is 12.9. The Morgan fingerprint density at radius 1 is 1.19 bits per heavy atom. The maximum atomic E-state index is 12.9. The molecule has 0 aliphatic carbocycles. The van der Waals surface area contributed by atoms with Crippen molar-refractivity contribution in [2.75, 3.05) is 5.75 Å². The van der Waals surface area contributed by atoms with Crippen LogP contribution in [0.4, 0.5) is 4.79 Å². The van der Waals surface area contributed by atoms with E-state index in [0.29, 0.717) is 17.0 Å². The van der Waals surface area contributed by atoms with Crippen molar-refractivity contribution in [1.29, 1.82) is 0 Å². The molecule has 1 fully saturated rings. The second-order valence-electron chi connectivity index (χ2n) is 5.69. The number of nitrogens with zero attached hydrogens (tertiary/aromatic N) is 2. The van der Waals surface area contributed by atoms with Crippen LogP contribution in [-0.4, -0.2) is 33.6 Å². The molecule has 0 radical (unpaired) electrons. The standard InChI is InChI=1S/C18H18N4O3S/c1-2-18(13-8-4-3-5-9-13)16(24)22(17(25)20-18)21-14(23)12-26-15-10-6-7-11-19-15/h3-11H,2,12H2,1H3,(H,20,25)(H,21,23)/t18-/m0/s1. The Morgan fingerprint density at radius 2 is 1.92 bits per heavy atom. The molecule has 8 heteroatoms. The number of hydrazine groups is 1. The molecule has 0 unspecified atom stereocenters. The number of carbonyl (C=O) groups is 3. The zero-order chi connectivity index (χ0) is 18.6. The molecule has 4 amide bonds. The first-order chi connectivity index (χ1) is 12.6. The lowest BCUT2D eigenvalue weighted by Gasteiger charge is -2.25. The van der Waals surface area contributed by atoms with Gasteiger partial charge in [0, 0.05) is 6.20 Å². The maximum Gasteiger partial charge on any atom is 0.344 e. The van der Waals surface area contributed by atoms with Gasteiger partial charge in [-0.25, -0.2) is 9.78 Å². The normalized spacial score (nSPS) is 19.3. The molecule has 134 valence electrons. The third-order valence-corrected chi connectivity index (χ3v) is 5.06. The van der Waals surface area contributed by atoms with Gasteiger partial charge in [0.25, 0.3) is 5.91 Å². The number of pyridine rings is 1. The average molecular weight is 370 g/mol. The fourth-order valence-electron chi connectivity index (χ4n) is 2.77. The van der Waals surface area contributed by atoms with Crippen molar-refractivity contribution in [3.05, 3.63) is 60.3 Å². The number of hydrogen-bond acceptors (Lipinski definition) is 5. The van der Waals surface area contributed by atoms with Gasteiger partial charge in [-0.2, -0.15) is 5.01 Å². The van der Waals surface area contributed by atoms with Crippen LogP contribution in [0.2, 0.25) is 0 Å². The zero-order valence-corrected chi connectivity index (χ0v) is 15.0. The number of hydrogen-bond donors (Lipinski definition) is 2. The summed E-state index contributed by atoms with van der Waals surface area (Å²) >= 11 is 1.22. The van der Waals surface area contributed by atoms with E-state index < -0.39 is 23.4 Å². The van der Waals surface area contributed by atoms with Crippen LogP contribution in [0.15, 0.2) is 59.8 Å². The number of imide groups is 1. The smallest absolute Gasteiger partial charge is 0.318 e. The Balaban J connectivity index is 1.70. The molecule has 3 rings (SSSR count). The van der Waals surface area contributed by atoms with Gasteiger partial charge in [-0.3, -0.25) is 15.0 Å². The van der Waals surface area contributed by atoms with E-state index in [-0.39, 0.29) is 5.75 Å². The summed E-state index contributed by atoms with van der Waals surface area (Å²) in [5.74, 6) is -0.907. The lowest BCUT2D eigenvalue weighted by Crippen LogP contribution is -2.49. The minimum absolute atomic E-state index is 0.0402. The molecule has 2 heterocycles. The molecule has 1 atom stereocenters. The first-order valence-corrected chi connectivity index (χ1v) is 9.11. The highest BCUT2D eigenvalue weighted by Crippen LogP contribution is 2.31. The van der Waals surface area contributed by atoms with Crippen LogP contribution in [0.5, 0.6) is 0 Å². The van der Waals surface area contributed by atoms with Gasteiger partial charge < -0.3 is 5.32 Å². The number of nitrogens with one attached hydrogen (secondary N) is 2. The molecule has 7 nitrogen and oxygen atoms in total. The number of thioether (sulfide) groups is 1. The summed E-state index contributed by atoms with van der Waals surface area (Å²) in [6, 6.07) is 13.7. The monoisotopic (exact) mass is 370 g/mol. The Hall–Kier alpha value is -2.87. The van der Waals surface area contributed by atoms with Crippen LogP contribution in [0, 0.1) is 0 Å². The van der Waals surface area contributed by atoms with Gasteiger partial charge in [0.05, 0.1) is 10.8 Å². The fourth-order valence-corrected chi connectivity index (χ4v) is 3.42. The van der Waals surface area contributed by atoms with E-state index >= 15 is 0 Å². The predicted octanol–water partition coefficient (Wildman–Crippen LogP) is 2.06. The molecule has 1 aliphatic rings. The zero-order valence-electron chi connectivity index (χ0n) is 14.1. The summed E-state index contributed by atoms with van der Waals surface area (Å²) in [5.41, 5.74) is 1.91. The van der Waals surface area contributed by atoms with Gasteiger partial charge in [-0.05, 0) is 24.1 Å². The molecular weight excluding hydrogens is 352 g/mol. The molecule has 1 aromatic carbocycles. The molecule has 0 spiro atoms. The Bertz CT molecular complexity index is 816. The van der Waals surface area contributed by atoms with Gasteiger partial charge in [0.2, 0.25) is 5.91 Å². The van der Waals surface area contributed by atoms with Gasteiger partial charge in [-0.15, -0.1) is 0 Å². The van der Waals surface area contributed by atoms with Crippen molar-refractivity contribution < 1.29 is 14.4 Å². The number of rotatable bonds is 6. The summed E-state index contributed by atoms with van der Waals surface area (Å²) in [7, 11) is 0. The first-order valence-electron chi connectivity index (χ1n) is 8.12. The summed E-state index contributed by atoms with van der Waals surface area (Å²) < 4.78 is 0. The van der Waals surface area contributed by atoms with Crippen LogP contribution in [0.25, 0.3) is 0 Å². The third-order valence-electron chi connectivity index (χ3n) is 4.11. The molecule has 2 N–H and O–H groups in total. The number of aromatic nitrogens is 1. The molecule has 0 saturated carbocycles. The molecule has 1 aliphatic heterocycles. The lowest BCUT2D eigenvalue weighted by molar-refractivity contribution is -0.138. The molecule has 0 bridgehead atoms. The highest BCUT2D eigenvalue weighted by molar-refractivity contribution is 7.99. The third kappa shape index (κ3) is 3.41. The van der Waals surface area contributed by atoms with Gasteiger partial charge >= 0.3 is 6.03 Å². The van der Waals surface area contributed by atoms with Crippen molar-refractivity contribution in [2.45, 2.75) is 23.9 Å². The predicted molar refractivity (Wildman–Crippen MR) is 96.9 cm³/mol. The van der Waals surface area contributed by atoms with Crippen molar-refractivity contribution >= 4 is 29.6 Å². The van der Waals surface area contributed by atoms with Gasteiger partial charge in [-0.1, -0.05) is 55.1 Å². The lowest BCUT2D eigenvalue weighted by atomic mass is 9.87. The Morgan fingerprint density at radius 3 is 2.58 bits per heavy atom. The van der Waals surface area contributed by atoms with Crippen LogP contribution >= 0.6 is 11.8 Å². The van der Waals surface area contributed by atoms with Crippen molar-refractivity contribution in [2.24, 2.45) is 0 Å². The van der Waals surface area contributed by atoms with E-state index in [9.17, 15) is 14.4 Å². The summed E-state index contributed by atoms with van der Waals surface area (Å²) in [5, 5.41) is 4.16. The highest BCUT2D eigenvalue weighted by Gasteiger charge is 2.52.